The molecule has 0 aromatic heterocycles. The van der Waals surface area contributed by atoms with Gasteiger partial charge in [-0.25, -0.2) is 13.1 Å². The lowest BCUT2D eigenvalue weighted by Crippen LogP contribution is -2.25. The fourth-order valence-corrected chi connectivity index (χ4v) is 3.00. The largest absolute Gasteiger partial charge is 0.392 e. The third-order valence-electron chi connectivity index (χ3n) is 3.04. The van der Waals surface area contributed by atoms with Crippen molar-refractivity contribution >= 4 is 21.6 Å². The molecule has 4 nitrogen and oxygen atoms in total. The minimum absolute atomic E-state index is 0.145. The first kappa shape index (κ1) is 13.8. The van der Waals surface area contributed by atoms with Crippen LogP contribution in [-0.4, -0.2) is 20.1 Å². The van der Waals surface area contributed by atoms with E-state index in [1.165, 1.54) is 31.0 Å². The van der Waals surface area contributed by atoms with Gasteiger partial charge in [0.15, 0.2) is 0 Å². The van der Waals surface area contributed by atoms with E-state index in [1.807, 2.05) is 0 Å². The molecular weight excluding hydrogens is 274 g/mol. The van der Waals surface area contributed by atoms with Crippen molar-refractivity contribution in [3.63, 3.8) is 0 Å². The summed E-state index contributed by atoms with van der Waals surface area (Å²) in [6, 6.07) is 4.34. The Balaban J connectivity index is 2.07. The Labute approximate surface area is 112 Å². The average Bonchev–Trinajstić information content (AvgIpc) is 3.13. The van der Waals surface area contributed by atoms with E-state index in [9.17, 15) is 8.42 Å². The Bertz CT molecular complexity index is 526. The van der Waals surface area contributed by atoms with Crippen molar-refractivity contribution in [1.82, 2.24) is 4.72 Å². The van der Waals surface area contributed by atoms with Crippen molar-refractivity contribution in [2.45, 2.75) is 30.8 Å². The van der Waals surface area contributed by atoms with Gasteiger partial charge >= 0.3 is 0 Å². The normalized spacial score (nSPS) is 15.9. The van der Waals surface area contributed by atoms with Crippen LogP contribution in [0.15, 0.2) is 23.1 Å². The second-order valence-electron chi connectivity index (χ2n) is 4.54. The first-order valence-corrected chi connectivity index (χ1v) is 7.78. The zero-order valence-corrected chi connectivity index (χ0v) is 11.5. The minimum atomic E-state index is -3.50. The highest BCUT2D eigenvalue weighted by atomic mass is 35.5. The molecule has 1 aromatic carbocycles. The van der Waals surface area contributed by atoms with Crippen molar-refractivity contribution in [2.24, 2.45) is 5.92 Å². The quantitative estimate of drug-likeness (QED) is 0.841. The van der Waals surface area contributed by atoms with Gasteiger partial charge in [-0.2, -0.15) is 0 Å². The summed E-state index contributed by atoms with van der Waals surface area (Å²) in [5.41, 5.74) is 0.418. The number of halogens is 1. The zero-order valence-electron chi connectivity index (χ0n) is 9.89. The van der Waals surface area contributed by atoms with Crippen molar-refractivity contribution in [2.75, 3.05) is 6.54 Å². The van der Waals surface area contributed by atoms with E-state index in [1.54, 1.807) is 0 Å². The number of hydrogen-bond acceptors (Lipinski definition) is 3. The average molecular weight is 290 g/mol. The summed E-state index contributed by atoms with van der Waals surface area (Å²) in [5, 5.41) is 9.44. The molecule has 1 fully saturated rings. The first-order valence-electron chi connectivity index (χ1n) is 5.92. The Hall–Kier alpha value is -0.620. The molecule has 0 spiro atoms. The molecule has 0 bridgehead atoms. The molecule has 0 amide bonds. The molecule has 1 aromatic rings. The molecule has 0 saturated heterocycles. The van der Waals surface area contributed by atoms with Gasteiger partial charge in [0.2, 0.25) is 10.0 Å². The Morgan fingerprint density at radius 1 is 1.39 bits per heavy atom. The van der Waals surface area contributed by atoms with Crippen LogP contribution in [0.1, 0.15) is 24.8 Å². The second kappa shape index (κ2) is 5.57. The van der Waals surface area contributed by atoms with E-state index < -0.39 is 10.0 Å². The lowest BCUT2D eigenvalue weighted by molar-refractivity contribution is 0.281. The number of rotatable bonds is 6. The summed E-state index contributed by atoms with van der Waals surface area (Å²) in [6.07, 6.45) is 3.30. The number of aliphatic hydroxyl groups is 1. The van der Waals surface area contributed by atoms with E-state index >= 15 is 0 Å². The smallest absolute Gasteiger partial charge is 0.240 e. The molecule has 0 heterocycles. The molecule has 2 rings (SSSR count). The molecular formula is C12H16ClNO3S. The number of sulfonamides is 1. The van der Waals surface area contributed by atoms with E-state index in [0.717, 1.165) is 6.42 Å². The van der Waals surface area contributed by atoms with Crippen LogP contribution in [0.2, 0.25) is 5.02 Å². The molecule has 0 aliphatic heterocycles. The minimum Gasteiger partial charge on any atom is -0.392 e. The van der Waals surface area contributed by atoms with Crippen molar-refractivity contribution in [3.05, 3.63) is 28.8 Å². The number of aliphatic hydroxyl groups excluding tert-OH is 1. The van der Waals surface area contributed by atoms with Crippen molar-refractivity contribution < 1.29 is 13.5 Å². The molecule has 1 aliphatic carbocycles. The highest BCUT2D eigenvalue weighted by Crippen LogP contribution is 2.31. The maximum atomic E-state index is 12.0. The van der Waals surface area contributed by atoms with Crippen LogP contribution in [0.3, 0.4) is 0 Å². The van der Waals surface area contributed by atoms with Gasteiger partial charge in [-0.1, -0.05) is 24.4 Å². The molecule has 6 heteroatoms. The molecule has 0 unspecified atom stereocenters. The van der Waals surface area contributed by atoms with E-state index in [0.29, 0.717) is 23.0 Å². The van der Waals surface area contributed by atoms with Crippen molar-refractivity contribution in [3.8, 4) is 0 Å². The van der Waals surface area contributed by atoms with Gasteiger partial charge in [-0.3, -0.25) is 0 Å². The highest BCUT2D eigenvalue weighted by Gasteiger charge is 2.22. The van der Waals surface area contributed by atoms with Crippen LogP contribution in [0, 0.1) is 5.92 Å². The molecule has 18 heavy (non-hydrogen) atoms. The predicted octanol–water partition coefficient (Wildman–Crippen LogP) is 1.91. The van der Waals surface area contributed by atoms with Gasteiger partial charge in [0.25, 0.3) is 0 Å². The van der Waals surface area contributed by atoms with E-state index in [2.05, 4.69) is 4.72 Å². The van der Waals surface area contributed by atoms with Crippen LogP contribution in [0.25, 0.3) is 0 Å². The van der Waals surface area contributed by atoms with Gasteiger partial charge in [0.1, 0.15) is 0 Å². The van der Waals surface area contributed by atoms with Gasteiger partial charge < -0.3 is 5.11 Å². The van der Waals surface area contributed by atoms with Gasteiger partial charge in [0, 0.05) is 11.6 Å². The van der Waals surface area contributed by atoms with Crippen molar-refractivity contribution in [1.29, 1.82) is 0 Å². The third-order valence-corrected chi connectivity index (χ3v) is 4.87. The van der Waals surface area contributed by atoms with Gasteiger partial charge in [-0.15, -0.1) is 0 Å². The molecule has 2 N–H and O–H groups in total. The highest BCUT2D eigenvalue weighted by molar-refractivity contribution is 7.89. The van der Waals surface area contributed by atoms with Crippen LogP contribution < -0.4 is 4.72 Å². The maximum absolute atomic E-state index is 12.0. The molecule has 0 radical (unpaired) electrons. The summed E-state index contributed by atoms with van der Waals surface area (Å²) in [6.45, 7) is 0.189. The summed E-state index contributed by atoms with van der Waals surface area (Å²) in [7, 11) is -3.50. The Kier molecular flexibility index (Phi) is 4.27. The topological polar surface area (TPSA) is 66.4 Å². The third kappa shape index (κ3) is 3.45. The van der Waals surface area contributed by atoms with Crippen LogP contribution in [0.4, 0.5) is 0 Å². The van der Waals surface area contributed by atoms with Crippen LogP contribution in [-0.2, 0) is 16.6 Å². The molecule has 1 saturated carbocycles. The first-order chi connectivity index (χ1) is 8.53. The van der Waals surface area contributed by atoms with Gasteiger partial charge in [0.05, 0.1) is 11.5 Å². The molecule has 1 aliphatic rings. The summed E-state index contributed by atoms with van der Waals surface area (Å²) < 4.78 is 26.5. The standard InChI is InChI=1S/C12H16ClNO3S/c13-12-4-3-11(7-10(12)8-15)18(16,17)14-6-5-9-1-2-9/h3-4,7,9,14-15H,1-2,5-6,8H2. The number of hydrogen-bond donors (Lipinski definition) is 2. The van der Waals surface area contributed by atoms with Gasteiger partial charge in [-0.05, 0) is 36.1 Å². The fourth-order valence-electron chi connectivity index (χ4n) is 1.73. The SMILES string of the molecule is O=S(=O)(NCCC1CC1)c1ccc(Cl)c(CO)c1. The lowest BCUT2D eigenvalue weighted by Gasteiger charge is -2.08. The summed E-state index contributed by atoms with van der Waals surface area (Å²) in [4.78, 5) is 0.145. The zero-order chi connectivity index (χ0) is 13.2. The number of benzene rings is 1. The fraction of sp³-hybridized carbons (Fsp3) is 0.500. The van der Waals surface area contributed by atoms with E-state index in [4.69, 9.17) is 16.7 Å². The predicted molar refractivity (Wildman–Crippen MR) is 69.9 cm³/mol. The monoisotopic (exact) mass is 289 g/mol. The second-order valence-corrected chi connectivity index (χ2v) is 6.72. The molecule has 100 valence electrons. The number of nitrogens with one attached hydrogen (secondary N) is 1. The Morgan fingerprint density at radius 2 is 2.11 bits per heavy atom. The maximum Gasteiger partial charge on any atom is 0.240 e. The molecule has 0 atom stereocenters. The van der Waals surface area contributed by atoms with E-state index in [-0.39, 0.29) is 11.5 Å². The summed E-state index contributed by atoms with van der Waals surface area (Å²) in [5.74, 6) is 0.686. The Morgan fingerprint density at radius 3 is 2.72 bits per heavy atom. The lowest BCUT2D eigenvalue weighted by atomic mass is 10.2. The van der Waals surface area contributed by atoms with Crippen LogP contribution >= 0.6 is 11.6 Å². The summed E-state index contributed by atoms with van der Waals surface area (Å²) >= 11 is 5.83. The van der Waals surface area contributed by atoms with Crippen LogP contribution in [0.5, 0.6) is 0 Å².